The summed E-state index contributed by atoms with van der Waals surface area (Å²) < 4.78 is 0. The fraction of sp³-hybridized carbons (Fsp3) is 0.400. The van der Waals surface area contributed by atoms with Crippen LogP contribution in [0.1, 0.15) is 12.1 Å². The molecular weight excluding hydrogens is 178 g/mol. The summed E-state index contributed by atoms with van der Waals surface area (Å²) in [6.45, 7) is 0.208. The summed E-state index contributed by atoms with van der Waals surface area (Å²) in [5.41, 5.74) is 1.17. The Balaban J connectivity index is 2.07. The third kappa shape index (κ3) is 1.68. The van der Waals surface area contributed by atoms with E-state index in [1.54, 1.807) is 12.3 Å². The van der Waals surface area contributed by atoms with Crippen LogP contribution in [0.4, 0.5) is 5.69 Å². The Hall–Kier alpha value is -1.60. The Morgan fingerprint density at radius 2 is 2.57 bits per heavy atom. The molecule has 1 saturated carbocycles. The average molecular weight is 189 g/mol. The molecule has 0 aliphatic heterocycles. The van der Waals surface area contributed by atoms with Crippen molar-refractivity contribution in [3.05, 3.63) is 24.0 Å². The molecule has 0 bridgehead atoms. The van der Waals surface area contributed by atoms with Gasteiger partial charge >= 0.3 is 0 Å². The molecule has 4 heteroatoms. The Kier molecular flexibility index (Phi) is 2.33. The molecule has 0 unspecified atom stereocenters. The van der Waals surface area contributed by atoms with Gasteiger partial charge in [0.25, 0.3) is 0 Å². The van der Waals surface area contributed by atoms with Crippen molar-refractivity contribution < 1.29 is 5.11 Å². The van der Waals surface area contributed by atoms with Crippen molar-refractivity contribution in [3.63, 3.8) is 0 Å². The van der Waals surface area contributed by atoms with Crippen LogP contribution in [0.3, 0.4) is 0 Å². The Bertz CT molecular complexity index is 372. The van der Waals surface area contributed by atoms with Crippen molar-refractivity contribution in [2.75, 3.05) is 11.9 Å². The quantitative estimate of drug-likeness (QED) is 0.736. The fourth-order valence-corrected chi connectivity index (χ4v) is 1.44. The van der Waals surface area contributed by atoms with Gasteiger partial charge in [0.1, 0.15) is 6.07 Å². The monoisotopic (exact) mass is 189 g/mol. The smallest absolute Gasteiger partial charge is 0.163 e. The van der Waals surface area contributed by atoms with Crippen LogP contribution in [0.5, 0.6) is 0 Å². The third-order valence-electron chi connectivity index (χ3n) is 2.41. The van der Waals surface area contributed by atoms with Crippen LogP contribution in [0, 0.1) is 17.2 Å². The number of rotatable bonds is 3. The van der Waals surface area contributed by atoms with E-state index in [1.807, 2.05) is 12.1 Å². The van der Waals surface area contributed by atoms with Crippen molar-refractivity contribution in [3.8, 4) is 6.07 Å². The SMILES string of the molecule is N#Cc1ncccc1N[C@@H]1C[C@H]1CO. The Labute approximate surface area is 82.2 Å². The zero-order valence-corrected chi connectivity index (χ0v) is 7.64. The second-order valence-corrected chi connectivity index (χ2v) is 3.44. The molecule has 0 aromatic carbocycles. The number of aliphatic hydroxyl groups is 1. The van der Waals surface area contributed by atoms with Gasteiger partial charge in [-0.1, -0.05) is 0 Å². The van der Waals surface area contributed by atoms with Gasteiger partial charge < -0.3 is 10.4 Å². The second-order valence-electron chi connectivity index (χ2n) is 3.44. The van der Waals surface area contributed by atoms with E-state index in [9.17, 15) is 0 Å². The van der Waals surface area contributed by atoms with E-state index < -0.39 is 0 Å². The summed E-state index contributed by atoms with van der Waals surface area (Å²) in [5.74, 6) is 0.335. The van der Waals surface area contributed by atoms with Gasteiger partial charge in [-0.3, -0.25) is 0 Å². The second kappa shape index (κ2) is 3.64. The minimum atomic E-state index is 0.208. The molecule has 72 valence electrons. The van der Waals surface area contributed by atoms with Crippen LogP contribution < -0.4 is 5.32 Å². The number of nitrogens with zero attached hydrogens (tertiary/aromatic N) is 2. The lowest BCUT2D eigenvalue weighted by atomic mass is 10.3. The lowest BCUT2D eigenvalue weighted by Crippen LogP contribution is -2.08. The van der Waals surface area contributed by atoms with Gasteiger partial charge in [-0.2, -0.15) is 5.26 Å². The van der Waals surface area contributed by atoms with Crippen molar-refractivity contribution in [2.45, 2.75) is 12.5 Å². The molecule has 1 aliphatic rings. The van der Waals surface area contributed by atoms with Crippen LogP contribution in [0.25, 0.3) is 0 Å². The van der Waals surface area contributed by atoms with E-state index in [0.29, 0.717) is 17.7 Å². The van der Waals surface area contributed by atoms with Gasteiger partial charge in [-0.25, -0.2) is 4.98 Å². The highest BCUT2D eigenvalue weighted by Gasteiger charge is 2.36. The van der Waals surface area contributed by atoms with Crippen LogP contribution in [0.15, 0.2) is 18.3 Å². The van der Waals surface area contributed by atoms with Crippen LogP contribution in [0.2, 0.25) is 0 Å². The first-order chi connectivity index (χ1) is 6.85. The van der Waals surface area contributed by atoms with Crippen molar-refractivity contribution in [2.24, 2.45) is 5.92 Å². The maximum atomic E-state index is 8.86. The van der Waals surface area contributed by atoms with Gasteiger partial charge in [0.05, 0.1) is 5.69 Å². The van der Waals surface area contributed by atoms with E-state index in [0.717, 1.165) is 12.1 Å². The first kappa shape index (κ1) is 8.97. The highest BCUT2D eigenvalue weighted by atomic mass is 16.3. The molecule has 2 N–H and O–H groups in total. The first-order valence-corrected chi connectivity index (χ1v) is 4.57. The number of aromatic nitrogens is 1. The molecule has 1 aromatic heterocycles. The molecule has 2 atom stereocenters. The molecule has 2 rings (SSSR count). The van der Waals surface area contributed by atoms with Gasteiger partial charge in [0.15, 0.2) is 5.69 Å². The fourth-order valence-electron chi connectivity index (χ4n) is 1.44. The third-order valence-corrected chi connectivity index (χ3v) is 2.41. The standard InChI is InChI=1S/C10H11N3O/c11-5-10-8(2-1-3-12-10)13-9-4-7(9)6-14/h1-3,7,9,13-14H,4,6H2/t7-,9+/m0/s1. The number of nitrogens with one attached hydrogen (secondary N) is 1. The summed E-state index contributed by atoms with van der Waals surface area (Å²) in [7, 11) is 0. The largest absolute Gasteiger partial charge is 0.396 e. The Morgan fingerprint density at radius 1 is 1.71 bits per heavy atom. The van der Waals surface area contributed by atoms with E-state index in [4.69, 9.17) is 10.4 Å². The summed E-state index contributed by atoms with van der Waals surface area (Å²) in [6, 6.07) is 5.95. The van der Waals surface area contributed by atoms with Crippen LogP contribution in [-0.4, -0.2) is 22.7 Å². The zero-order valence-electron chi connectivity index (χ0n) is 7.64. The summed E-state index contributed by atoms with van der Waals surface area (Å²) >= 11 is 0. The van der Waals surface area contributed by atoms with Gasteiger partial charge in [-0.15, -0.1) is 0 Å². The van der Waals surface area contributed by atoms with E-state index in [2.05, 4.69) is 10.3 Å². The lowest BCUT2D eigenvalue weighted by molar-refractivity contribution is 0.275. The van der Waals surface area contributed by atoms with Gasteiger partial charge in [0, 0.05) is 24.8 Å². The number of anilines is 1. The van der Waals surface area contributed by atoms with E-state index in [-0.39, 0.29) is 6.61 Å². The molecule has 14 heavy (non-hydrogen) atoms. The minimum Gasteiger partial charge on any atom is -0.396 e. The molecular formula is C10H11N3O. The number of hydrogen-bond donors (Lipinski definition) is 2. The summed E-state index contributed by atoms with van der Waals surface area (Å²) in [5, 5.41) is 20.8. The number of nitriles is 1. The average Bonchev–Trinajstić information content (AvgIpc) is 2.97. The molecule has 0 saturated heterocycles. The van der Waals surface area contributed by atoms with Crippen molar-refractivity contribution in [1.29, 1.82) is 5.26 Å². The lowest BCUT2D eigenvalue weighted by Gasteiger charge is -2.05. The van der Waals surface area contributed by atoms with Gasteiger partial charge in [-0.05, 0) is 18.6 Å². The number of hydrogen-bond acceptors (Lipinski definition) is 4. The molecule has 0 spiro atoms. The maximum Gasteiger partial charge on any atom is 0.163 e. The van der Waals surface area contributed by atoms with Crippen molar-refractivity contribution >= 4 is 5.69 Å². The van der Waals surface area contributed by atoms with Crippen LogP contribution in [-0.2, 0) is 0 Å². The molecule has 1 aliphatic carbocycles. The molecule has 1 fully saturated rings. The molecule has 0 amide bonds. The molecule has 1 heterocycles. The maximum absolute atomic E-state index is 8.86. The number of pyridine rings is 1. The van der Waals surface area contributed by atoms with Crippen molar-refractivity contribution in [1.82, 2.24) is 4.98 Å². The number of aliphatic hydroxyl groups excluding tert-OH is 1. The van der Waals surface area contributed by atoms with Gasteiger partial charge in [0.2, 0.25) is 0 Å². The minimum absolute atomic E-state index is 0.208. The highest BCUT2D eigenvalue weighted by Crippen LogP contribution is 2.33. The van der Waals surface area contributed by atoms with Crippen LogP contribution >= 0.6 is 0 Å². The topological polar surface area (TPSA) is 68.9 Å². The highest BCUT2D eigenvalue weighted by molar-refractivity contribution is 5.54. The Morgan fingerprint density at radius 3 is 3.21 bits per heavy atom. The zero-order chi connectivity index (χ0) is 9.97. The molecule has 1 aromatic rings. The molecule has 4 nitrogen and oxygen atoms in total. The van der Waals surface area contributed by atoms with E-state index >= 15 is 0 Å². The predicted molar refractivity (Wildman–Crippen MR) is 51.6 cm³/mol. The summed E-state index contributed by atoms with van der Waals surface area (Å²) in [6.07, 6.45) is 2.57. The predicted octanol–water partition coefficient (Wildman–Crippen LogP) is 0.746. The normalized spacial score (nSPS) is 24.0. The summed E-state index contributed by atoms with van der Waals surface area (Å²) in [4.78, 5) is 3.94. The van der Waals surface area contributed by atoms with E-state index in [1.165, 1.54) is 0 Å². The first-order valence-electron chi connectivity index (χ1n) is 4.57. The molecule has 0 radical (unpaired) electrons.